The summed E-state index contributed by atoms with van der Waals surface area (Å²) >= 11 is 0. The lowest BCUT2D eigenvalue weighted by atomic mass is 9.46. The summed E-state index contributed by atoms with van der Waals surface area (Å²) in [6.07, 6.45) is 16.9. The van der Waals surface area contributed by atoms with E-state index in [4.69, 9.17) is 4.18 Å². The topological polar surface area (TPSA) is 97.7 Å². The Hall–Kier alpha value is -2.42. The van der Waals surface area contributed by atoms with Crippen LogP contribution in [0, 0.1) is 42.4 Å². The van der Waals surface area contributed by atoms with Crippen molar-refractivity contribution in [2.24, 2.45) is 35.5 Å². The first-order valence-electron chi connectivity index (χ1n) is 19.0. The Kier molecular flexibility index (Phi) is 6.76. The molecule has 49 heavy (non-hydrogen) atoms. The van der Waals surface area contributed by atoms with Crippen LogP contribution in [0.1, 0.15) is 118 Å². The summed E-state index contributed by atoms with van der Waals surface area (Å²) in [4.78, 5) is 0.246. The van der Waals surface area contributed by atoms with Gasteiger partial charge in [0.15, 0.2) is 0 Å². The lowest BCUT2D eigenvalue weighted by molar-refractivity contribution is -0.00703. The van der Waals surface area contributed by atoms with Crippen molar-refractivity contribution in [2.75, 3.05) is 0 Å². The van der Waals surface area contributed by atoms with E-state index in [1.165, 1.54) is 55.5 Å². The number of aryl methyl sites for hydroxylation is 1. The molecule has 0 atom stereocenters. The molecule has 0 radical (unpaired) electrons. The molecule has 3 aromatic carbocycles. The van der Waals surface area contributed by atoms with Crippen molar-refractivity contribution in [2.45, 2.75) is 130 Å². The highest BCUT2D eigenvalue weighted by Crippen LogP contribution is 2.65. The molecule has 9 aliphatic carbocycles. The van der Waals surface area contributed by atoms with Crippen molar-refractivity contribution in [3.63, 3.8) is 0 Å². The number of fused-ring (bicyclic) bond motifs is 2. The largest absolute Gasteiger partial charge is 0.378 e. The van der Waals surface area contributed by atoms with Crippen molar-refractivity contribution in [3.8, 4) is 5.75 Å². The van der Waals surface area contributed by atoms with E-state index in [9.17, 15) is 13.0 Å². The summed E-state index contributed by atoms with van der Waals surface area (Å²) in [7, 11) is -8.81. The van der Waals surface area contributed by atoms with Gasteiger partial charge in [-0.15, -0.1) is 0 Å². The predicted octanol–water partition coefficient (Wildman–Crippen LogP) is 8.98. The molecule has 0 unspecified atom stereocenters. The van der Waals surface area contributed by atoms with E-state index in [1.807, 2.05) is 0 Å². The van der Waals surface area contributed by atoms with Gasteiger partial charge in [-0.2, -0.15) is 16.8 Å². The molecule has 0 amide bonds. The Balaban J connectivity index is 1.21. The molecular formula is C41H48O6S2. The van der Waals surface area contributed by atoms with Gasteiger partial charge in [0.1, 0.15) is 10.6 Å². The highest BCUT2D eigenvalue weighted by atomic mass is 32.2. The first kappa shape index (κ1) is 31.3. The molecule has 0 heterocycles. The van der Waals surface area contributed by atoms with Crippen LogP contribution in [-0.4, -0.2) is 21.4 Å². The van der Waals surface area contributed by atoms with Gasteiger partial charge in [0.05, 0.1) is 4.90 Å². The molecule has 0 aromatic heterocycles. The van der Waals surface area contributed by atoms with Crippen LogP contribution in [0.3, 0.4) is 0 Å². The Morgan fingerprint density at radius 1 is 0.653 bits per heavy atom. The van der Waals surface area contributed by atoms with Crippen molar-refractivity contribution < 1.29 is 25.6 Å². The third kappa shape index (κ3) is 4.78. The molecule has 9 aliphatic rings. The van der Waals surface area contributed by atoms with Gasteiger partial charge in [0.25, 0.3) is 10.1 Å². The molecular weight excluding hydrogens is 653 g/mol. The molecule has 8 fully saturated rings. The van der Waals surface area contributed by atoms with Gasteiger partial charge in [-0.05, 0) is 201 Å². The molecule has 0 spiro atoms. The monoisotopic (exact) mass is 700 g/mol. The summed E-state index contributed by atoms with van der Waals surface area (Å²) in [5.41, 5.74) is 3.55. The molecule has 0 saturated heterocycles. The quantitative estimate of drug-likeness (QED) is 0.204. The van der Waals surface area contributed by atoms with E-state index in [1.54, 1.807) is 6.92 Å². The second-order valence-corrected chi connectivity index (χ2v) is 20.8. The van der Waals surface area contributed by atoms with Gasteiger partial charge in [-0.3, -0.25) is 4.55 Å². The van der Waals surface area contributed by atoms with Gasteiger partial charge >= 0.3 is 10.1 Å². The highest BCUT2D eigenvalue weighted by molar-refractivity contribution is 7.87. The van der Waals surface area contributed by atoms with Crippen LogP contribution in [0.15, 0.2) is 46.2 Å². The fourth-order valence-electron chi connectivity index (χ4n) is 13.9. The summed E-state index contributed by atoms with van der Waals surface area (Å²) in [6, 6.07) is 12.2. The van der Waals surface area contributed by atoms with Crippen LogP contribution >= 0.6 is 0 Å². The third-order valence-electron chi connectivity index (χ3n) is 14.7. The average Bonchev–Trinajstić information content (AvgIpc) is 3.03. The SMILES string of the molecule is Cc1cc(S(=O)(=O)O)c2c(c1OS(=O)(=O)c1cc(C34CC5CC(CC(C5)C3)C4)c3ccccc3c1C13CC4CC(CC(C4)C1)C3)CCCC2. The summed E-state index contributed by atoms with van der Waals surface area (Å²) < 4.78 is 72.0. The zero-order chi connectivity index (χ0) is 33.5. The van der Waals surface area contributed by atoms with E-state index in [0.717, 1.165) is 80.1 Å². The Morgan fingerprint density at radius 2 is 1.14 bits per heavy atom. The maximum absolute atomic E-state index is 15.3. The average molecular weight is 701 g/mol. The van der Waals surface area contributed by atoms with Crippen LogP contribution in [0.4, 0.5) is 0 Å². The van der Waals surface area contributed by atoms with E-state index in [-0.39, 0.29) is 21.5 Å². The van der Waals surface area contributed by atoms with Gasteiger partial charge in [0, 0.05) is 5.56 Å². The number of hydrogen-bond acceptors (Lipinski definition) is 5. The molecule has 8 saturated carbocycles. The highest BCUT2D eigenvalue weighted by Gasteiger charge is 2.56. The molecule has 0 aliphatic heterocycles. The molecule has 8 bridgehead atoms. The zero-order valence-corrected chi connectivity index (χ0v) is 30.2. The van der Waals surface area contributed by atoms with Crippen molar-refractivity contribution in [1.29, 1.82) is 0 Å². The molecule has 3 aromatic rings. The van der Waals surface area contributed by atoms with Gasteiger partial charge in [-0.1, -0.05) is 24.3 Å². The van der Waals surface area contributed by atoms with E-state index >= 15 is 8.42 Å². The fraction of sp³-hybridized carbons (Fsp3) is 0.610. The number of rotatable bonds is 6. The van der Waals surface area contributed by atoms with E-state index < -0.39 is 20.2 Å². The van der Waals surface area contributed by atoms with Crippen molar-refractivity contribution >= 4 is 31.0 Å². The minimum absolute atomic E-state index is 0.00909. The zero-order valence-electron chi connectivity index (χ0n) is 28.5. The molecule has 260 valence electrons. The molecule has 6 nitrogen and oxygen atoms in total. The number of hydrogen-bond donors (Lipinski definition) is 1. The molecule has 1 N–H and O–H groups in total. The van der Waals surface area contributed by atoms with Crippen LogP contribution in [0.25, 0.3) is 10.8 Å². The first-order chi connectivity index (χ1) is 23.4. The second-order valence-electron chi connectivity index (χ2n) is 17.9. The van der Waals surface area contributed by atoms with Crippen LogP contribution < -0.4 is 4.18 Å². The summed E-state index contributed by atoms with van der Waals surface area (Å²) in [5, 5.41) is 2.36. The lowest BCUT2D eigenvalue weighted by Gasteiger charge is -2.58. The van der Waals surface area contributed by atoms with Crippen LogP contribution in [-0.2, 0) is 43.9 Å². The smallest absolute Gasteiger partial charge is 0.339 e. The van der Waals surface area contributed by atoms with Gasteiger partial charge < -0.3 is 4.18 Å². The van der Waals surface area contributed by atoms with E-state index in [2.05, 4.69) is 30.3 Å². The number of benzene rings is 3. The lowest BCUT2D eigenvalue weighted by Crippen LogP contribution is -2.50. The third-order valence-corrected chi connectivity index (χ3v) is 16.8. The minimum Gasteiger partial charge on any atom is -0.378 e. The van der Waals surface area contributed by atoms with Crippen LogP contribution in [0.2, 0.25) is 0 Å². The Morgan fingerprint density at radius 3 is 1.67 bits per heavy atom. The normalized spacial score (nSPS) is 36.0. The fourth-order valence-corrected chi connectivity index (χ4v) is 16.1. The summed E-state index contributed by atoms with van der Waals surface area (Å²) in [6.45, 7) is 1.70. The maximum atomic E-state index is 15.3. The molecule has 12 rings (SSSR count). The van der Waals surface area contributed by atoms with Gasteiger partial charge in [0.2, 0.25) is 0 Å². The predicted molar refractivity (Wildman–Crippen MR) is 189 cm³/mol. The van der Waals surface area contributed by atoms with E-state index in [0.29, 0.717) is 52.2 Å². The maximum Gasteiger partial charge on any atom is 0.339 e. The van der Waals surface area contributed by atoms with Crippen molar-refractivity contribution in [3.05, 3.63) is 64.2 Å². The standard InChI is InChI=1S/C41H48O6S2/c1-24-10-36(48(42,43)44)32-7-3-5-9-34(32)39(24)47-49(45,46)37-17-35(40-18-25-11-26(19-40)13-27(12-25)20-40)31-6-2-4-8-33(31)38(37)41-21-28-14-29(22-41)16-30(15-28)23-41/h2,4,6,8,10,17,25-30H,3,5,7,9,11-16,18-23H2,1H3,(H,42,43,44). The van der Waals surface area contributed by atoms with Crippen molar-refractivity contribution in [1.82, 2.24) is 0 Å². The molecule has 8 heteroatoms. The Labute approximate surface area is 291 Å². The minimum atomic E-state index is -4.47. The van der Waals surface area contributed by atoms with Gasteiger partial charge in [-0.25, -0.2) is 0 Å². The second kappa shape index (κ2) is 10.6. The first-order valence-corrected chi connectivity index (χ1v) is 21.9. The Bertz CT molecular complexity index is 2060. The summed E-state index contributed by atoms with van der Waals surface area (Å²) in [5.74, 6) is 4.35. The van der Waals surface area contributed by atoms with Crippen LogP contribution in [0.5, 0.6) is 5.75 Å².